The molecule has 54 heavy (non-hydrogen) atoms. The zero-order chi connectivity index (χ0) is 36.9. The number of primary amides is 2. The molecule has 4 aliphatic rings. The number of hydrogen-bond donors (Lipinski definition) is 5. The second-order valence-corrected chi connectivity index (χ2v) is 13.5. The number of carbonyl (C=O) groups excluding carboxylic acids is 2. The Balaban J connectivity index is 0.000000200. The number of amides is 2. The number of aliphatic hydroxyl groups is 3. The molecule has 0 saturated heterocycles. The SMILES string of the molecule is CC1CC(O)(C#Cc2cc3c(cc2F)OCCn2cc(C(N)=O)nc2-3)C1.NC(=O)c1cn2c(n1)-c1cc(C#CC3(O)CC(O)C3)c(F)cc1OCC2.[Li+].[OH-]. The molecule has 0 bridgehead atoms. The summed E-state index contributed by atoms with van der Waals surface area (Å²) in [6.45, 7) is 3.54. The van der Waals surface area contributed by atoms with Crippen molar-refractivity contribution in [3.05, 3.63) is 70.8 Å². The van der Waals surface area contributed by atoms with E-state index in [0.29, 0.717) is 72.7 Å². The summed E-state index contributed by atoms with van der Waals surface area (Å²) in [4.78, 5) is 31.3. The van der Waals surface area contributed by atoms with Gasteiger partial charge < -0.3 is 50.9 Å². The average molecular weight is 737 g/mol. The molecule has 0 unspecified atom stereocenters. The monoisotopic (exact) mass is 736 g/mol. The summed E-state index contributed by atoms with van der Waals surface area (Å²) in [6, 6.07) is 5.50. The maximum atomic E-state index is 14.4. The van der Waals surface area contributed by atoms with Crippen molar-refractivity contribution < 1.29 is 67.5 Å². The first-order valence-electron chi connectivity index (χ1n) is 16.6. The van der Waals surface area contributed by atoms with Crippen LogP contribution in [0.25, 0.3) is 22.8 Å². The Morgan fingerprint density at radius 2 is 1.20 bits per heavy atom. The van der Waals surface area contributed by atoms with Crippen molar-refractivity contribution in [3.8, 4) is 58.0 Å². The van der Waals surface area contributed by atoms with E-state index in [1.807, 2.05) is 6.92 Å². The van der Waals surface area contributed by atoms with Gasteiger partial charge in [0.05, 0.1) is 41.4 Å². The number of benzene rings is 2. The predicted octanol–water partition coefficient (Wildman–Crippen LogP) is -1.06. The molecule has 2 fully saturated rings. The van der Waals surface area contributed by atoms with E-state index in [4.69, 9.17) is 20.9 Å². The third-order valence-electron chi connectivity index (χ3n) is 9.24. The molecule has 0 radical (unpaired) electrons. The number of fused-ring (bicyclic) bond motifs is 6. The second kappa shape index (κ2) is 15.3. The van der Waals surface area contributed by atoms with Crippen LogP contribution in [0.3, 0.4) is 0 Å². The molecule has 2 aliphatic carbocycles. The Morgan fingerprint density at radius 3 is 1.57 bits per heavy atom. The molecular weight excluding hydrogens is 701 g/mol. The van der Waals surface area contributed by atoms with Gasteiger partial charge in [0, 0.05) is 37.4 Å². The Kier molecular flexibility index (Phi) is 11.3. The summed E-state index contributed by atoms with van der Waals surface area (Å²) in [5.74, 6) is 10.3. The van der Waals surface area contributed by atoms with Crippen LogP contribution in [0.5, 0.6) is 11.5 Å². The normalized spacial score (nSPS) is 22.6. The zero-order valence-electron chi connectivity index (χ0n) is 29.4. The topological polar surface area (TPSA) is 231 Å². The van der Waals surface area contributed by atoms with Crippen molar-refractivity contribution in [2.24, 2.45) is 17.4 Å². The van der Waals surface area contributed by atoms with Gasteiger partial charge >= 0.3 is 18.9 Å². The molecule has 2 aromatic carbocycles. The number of hydrogen-bond acceptors (Lipinski definition) is 10. The van der Waals surface area contributed by atoms with Gasteiger partial charge in [0.2, 0.25) is 0 Å². The Bertz CT molecular complexity index is 2100. The van der Waals surface area contributed by atoms with Crippen molar-refractivity contribution in [2.45, 2.75) is 63.0 Å². The number of rotatable bonds is 2. The smallest absolute Gasteiger partial charge is 0.870 e. The van der Waals surface area contributed by atoms with Crippen LogP contribution in [0.2, 0.25) is 0 Å². The summed E-state index contributed by atoms with van der Waals surface area (Å²) in [7, 11) is 0. The molecule has 2 aliphatic heterocycles. The standard InChI is InChI=1S/C19H18FN3O3.C18H16FN3O4.Li.H2O/c1-11-8-19(25,9-11)3-2-12-6-13-16(7-14(12)20)26-5-4-23-10-15(17(21)24)22-18(13)23;19-13-6-15-12(5-10(13)1-2-18(25)7-11(23)8-18)17-21-14(16(20)24)9-22(17)3-4-26-15;;/h6-7,10-11,25H,4-5,8-9H2,1H3,(H2,21,24);5-6,9,11,23,25H,3-4,7-8H2,(H2,20,24);;1H2/q;;+1;/p-1. The number of carbonyl (C=O) groups is 2. The van der Waals surface area contributed by atoms with E-state index >= 15 is 0 Å². The number of halogens is 2. The average Bonchev–Trinajstić information content (AvgIpc) is 3.60. The Morgan fingerprint density at radius 1 is 0.796 bits per heavy atom. The van der Waals surface area contributed by atoms with Crippen LogP contribution in [0.4, 0.5) is 8.78 Å². The summed E-state index contributed by atoms with van der Waals surface area (Å²) in [5.41, 5.74) is 9.75. The molecule has 4 heterocycles. The molecule has 2 saturated carbocycles. The van der Waals surface area contributed by atoms with Gasteiger partial charge in [-0.1, -0.05) is 30.6 Å². The second-order valence-electron chi connectivity index (χ2n) is 13.5. The van der Waals surface area contributed by atoms with Gasteiger partial charge in [0.25, 0.3) is 11.8 Å². The first-order valence-corrected chi connectivity index (χ1v) is 16.6. The summed E-state index contributed by atoms with van der Waals surface area (Å²) >= 11 is 0. The van der Waals surface area contributed by atoms with E-state index in [-0.39, 0.29) is 66.3 Å². The van der Waals surface area contributed by atoms with Gasteiger partial charge in [0.15, 0.2) is 0 Å². The largest absolute Gasteiger partial charge is 1.00 e. The molecule has 2 aromatic heterocycles. The fourth-order valence-corrected chi connectivity index (χ4v) is 6.62. The van der Waals surface area contributed by atoms with Crippen molar-refractivity contribution >= 4 is 11.8 Å². The number of aromatic nitrogens is 4. The van der Waals surface area contributed by atoms with E-state index in [1.165, 1.54) is 30.5 Å². The van der Waals surface area contributed by atoms with Gasteiger partial charge in [-0.25, -0.2) is 18.7 Å². The molecular formula is C37H35F2LiN6O8. The third-order valence-corrected chi connectivity index (χ3v) is 9.24. The van der Waals surface area contributed by atoms with E-state index < -0.39 is 40.8 Å². The number of nitrogens with two attached hydrogens (primary N) is 2. The van der Waals surface area contributed by atoms with E-state index in [0.717, 1.165) is 0 Å². The van der Waals surface area contributed by atoms with Gasteiger partial charge in [-0.2, -0.15) is 0 Å². The minimum absolute atomic E-state index is 0. The van der Waals surface area contributed by atoms with Crippen LogP contribution < -0.4 is 39.8 Å². The van der Waals surface area contributed by atoms with Crippen LogP contribution in [-0.2, 0) is 13.1 Å². The molecule has 0 atom stereocenters. The Hall–Kier alpha value is -5.18. The molecule has 17 heteroatoms. The number of aliphatic hydroxyl groups excluding tert-OH is 1. The van der Waals surface area contributed by atoms with Gasteiger partial charge in [0.1, 0.15) is 70.6 Å². The summed E-state index contributed by atoms with van der Waals surface area (Å²) in [5, 5.41) is 29.7. The minimum Gasteiger partial charge on any atom is -0.870 e. The van der Waals surface area contributed by atoms with Crippen LogP contribution in [-0.4, -0.2) is 82.2 Å². The van der Waals surface area contributed by atoms with Crippen LogP contribution in [0.1, 0.15) is 64.7 Å². The maximum Gasteiger partial charge on any atom is 1.00 e. The van der Waals surface area contributed by atoms with Crippen LogP contribution in [0, 0.1) is 41.2 Å². The molecule has 14 nitrogen and oxygen atoms in total. The summed E-state index contributed by atoms with van der Waals surface area (Å²) in [6.07, 6.45) is 3.96. The van der Waals surface area contributed by atoms with Crippen LogP contribution in [0.15, 0.2) is 36.7 Å². The van der Waals surface area contributed by atoms with Gasteiger partial charge in [-0.15, -0.1) is 0 Å². The number of ether oxygens (including phenoxy) is 2. The van der Waals surface area contributed by atoms with Crippen LogP contribution >= 0.6 is 0 Å². The first kappa shape index (κ1) is 40.0. The van der Waals surface area contributed by atoms with Crippen molar-refractivity contribution in [1.29, 1.82) is 0 Å². The zero-order valence-corrected chi connectivity index (χ0v) is 29.4. The van der Waals surface area contributed by atoms with Crippen molar-refractivity contribution in [3.63, 3.8) is 0 Å². The first-order chi connectivity index (χ1) is 24.7. The minimum atomic E-state index is -1.30. The predicted molar refractivity (Wildman–Crippen MR) is 182 cm³/mol. The quantitative estimate of drug-likeness (QED) is 0.124. The third kappa shape index (κ3) is 8.00. The molecule has 276 valence electrons. The Labute approximate surface area is 320 Å². The summed E-state index contributed by atoms with van der Waals surface area (Å²) < 4.78 is 43.5. The molecule has 2 amide bonds. The molecule has 4 aromatic rings. The van der Waals surface area contributed by atoms with Gasteiger partial charge in [-0.05, 0) is 30.9 Å². The number of imidazole rings is 2. The van der Waals surface area contributed by atoms with Crippen molar-refractivity contribution in [2.75, 3.05) is 13.2 Å². The fourth-order valence-electron chi connectivity index (χ4n) is 6.62. The molecule has 8 rings (SSSR count). The maximum absolute atomic E-state index is 14.4. The van der Waals surface area contributed by atoms with E-state index in [2.05, 4.69) is 33.6 Å². The fraction of sp³-hybridized carbons (Fsp3) is 0.351. The van der Waals surface area contributed by atoms with Crippen molar-refractivity contribution in [1.82, 2.24) is 19.1 Å². The van der Waals surface area contributed by atoms with Gasteiger partial charge in [-0.3, -0.25) is 9.59 Å². The molecule has 8 N–H and O–H groups in total. The van der Waals surface area contributed by atoms with E-state index in [9.17, 15) is 33.7 Å². The molecule has 0 spiro atoms. The van der Waals surface area contributed by atoms with E-state index in [1.54, 1.807) is 15.3 Å². The number of nitrogens with zero attached hydrogens (tertiary/aromatic N) is 4.